The van der Waals surface area contributed by atoms with E-state index in [9.17, 15) is 5.11 Å². The Labute approximate surface area is 124 Å². The van der Waals surface area contributed by atoms with Crippen molar-refractivity contribution in [1.82, 2.24) is 0 Å². The molecular weight excluding hydrogens is 335 g/mol. The van der Waals surface area contributed by atoms with Gasteiger partial charge in [-0.3, -0.25) is 0 Å². The van der Waals surface area contributed by atoms with E-state index >= 15 is 0 Å². The van der Waals surface area contributed by atoms with Crippen molar-refractivity contribution in [2.75, 3.05) is 0 Å². The Morgan fingerprint density at radius 3 is 2.44 bits per heavy atom. The SMILES string of the molecule is OC(CCC1CCCCC1)Cc1ccc(I)cc1. The van der Waals surface area contributed by atoms with Crippen LogP contribution in [0.25, 0.3) is 0 Å². The van der Waals surface area contributed by atoms with Crippen molar-refractivity contribution in [2.45, 2.75) is 57.5 Å². The van der Waals surface area contributed by atoms with Crippen LogP contribution in [0, 0.1) is 9.49 Å². The quantitative estimate of drug-likeness (QED) is 0.766. The van der Waals surface area contributed by atoms with Crippen molar-refractivity contribution in [3.05, 3.63) is 33.4 Å². The molecule has 1 saturated carbocycles. The zero-order valence-electron chi connectivity index (χ0n) is 10.9. The van der Waals surface area contributed by atoms with Gasteiger partial charge in [0.25, 0.3) is 0 Å². The molecule has 1 fully saturated rings. The van der Waals surface area contributed by atoms with E-state index < -0.39 is 0 Å². The van der Waals surface area contributed by atoms with Crippen molar-refractivity contribution in [2.24, 2.45) is 5.92 Å². The van der Waals surface area contributed by atoms with Gasteiger partial charge < -0.3 is 5.11 Å². The van der Waals surface area contributed by atoms with Crippen LogP contribution in [-0.2, 0) is 6.42 Å². The molecule has 1 nitrogen and oxygen atoms in total. The summed E-state index contributed by atoms with van der Waals surface area (Å²) in [6.07, 6.45) is 9.82. The average molecular weight is 358 g/mol. The summed E-state index contributed by atoms with van der Waals surface area (Å²) in [5, 5.41) is 10.1. The van der Waals surface area contributed by atoms with Gasteiger partial charge in [-0.05, 0) is 65.5 Å². The molecule has 0 spiro atoms. The topological polar surface area (TPSA) is 20.2 Å². The van der Waals surface area contributed by atoms with Crippen LogP contribution < -0.4 is 0 Å². The molecule has 0 saturated heterocycles. The highest BCUT2D eigenvalue weighted by Crippen LogP contribution is 2.28. The lowest BCUT2D eigenvalue weighted by Gasteiger charge is -2.22. The van der Waals surface area contributed by atoms with E-state index in [0.717, 1.165) is 18.8 Å². The number of benzene rings is 1. The lowest BCUT2D eigenvalue weighted by atomic mass is 9.85. The first-order valence-corrected chi connectivity index (χ1v) is 8.24. The second-order valence-electron chi connectivity index (χ2n) is 5.57. The second-order valence-corrected chi connectivity index (χ2v) is 6.81. The van der Waals surface area contributed by atoms with Crippen molar-refractivity contribution < 1.29 is 5.11 Å². The van der Waals surface area contributed by atoms with Gasteiger partial charge in [-0.25, -0.2) is 0 Å². The summed E-state index contributed by atoms with van der Waals surface area (Å²) in [6, 6.07) is 8.49. The van der Waals surface area contributed by atoms with Crippen molar-refractivity contribution in [3.8, 4) is 0 Å². The zero-order valence-corrected chi connectivity index (χ0v) is 13.1. The molecular formula is C16H23IO. The van der Waals surface area contributed by atoms with E-state index in [0.29, 0.717) is 0 Å². The van der Waals surface area contributed by atoms with Crippen molar-refractivity contribution in [3.63, 3.8) is 0 Å². The Morgan fingerprint density at radius 1 is 1.11 bits per heavy atom. The standard InChI is InChI=1S/C16H23IO/c17-15-9-6-14(7-10-15)12-16(18)11-8-13-4-2-1-3-5-13/h6-7,9-10,13,16,18H,1-5,8,11-12H2. The van der Waals surface area contributed by atoms with E-state index in [2.05, 4.69) is 46.9 Å². The number of aliphatic hydroxyl groups excluding tert-OH is 1. The van der Waals surface area contributed by atoms with Crippen molar-refractivity contribution >= 4 is 22.6 Å². The fourth-order valence-electron chi connectivity index (χ4n) is 2.90. The first-order chi connectivity index (χ1) is 8.74. The fourth-order valence-corrected chi connectivity index (χ4v) is 3.26. The zero-order chi connectivity index (χ0) is 12.8. The smallest absolute Gasteiger partial charge is 0.0580 e. The molecule has 2 heteroatoms. The molecule has 1 atom stereocenters. The first-order valence-electron chi connectivity index (χ1n) is 7.16. The number of rotatable bonds is 5. The summed E-state index contributed by atoms with van der Waals surface area (Å²) in [5.41, 5.74) is 1.26. The van der Waals surface area contributed by atoms with Crippen LogP contribution in [0.1, 0.15) is 50.5 Å². The number of hydrogen-bond donors (Lipinski definition) is 1. The van der Waals surface area contributed by atoms with E-state index in [-0.39, 0.29) is 6.10 Å². The first kappa shape index (κ1) is 14.3. The molecule has 1 N–H and O–H groups in total. The minimum absolute atomic E-state index is 0.160. The molecule has 1 aliphatic rings. The maximum Gasteiger partial charge on any atom is 0.0580 e. The molecule has 1 unspecified atom stereocenters. The molecule has 0 aromatic heterocycles. The van der Waals surface area contributed by atoms with Gasteiger partial charge in [-0.15, -0.1) is 0 Å². The van der Waals surface area contributed by atoms with Gasteiger partial charge in [-0.1, -0.05) is 44.2 Å². The highest BCUT2D eigenvalue weighted by molar-refractivity contribution is 14.1. The average Bonchev–Trinajstić information content (AvgIpc) is 2.40. The van der Waals surface area contributed by atoms with E-state index in [4.69, 9.17) is 0 Å². The van der Waals surface area contributed by atoms with E-state index in [1.165, 1.54) is 47.7 Å². The summed E-state index contributed by atoms with van der Waals surface area (Å²) < 4.78 is 1.26. The lowest BCUT2D eigenvalue weighted by Crippen LogP contribution is -2.14. The van der Waals surface area contributed by atoms with Gasteiger partial charge in [0.2, 0.25) is 0 Å². The minimum Gasteiger partial charge on any atom is -0.393 e. The van der Waals surface area contributed by atoms with Gasteiger partial charge in [0.05, 0.1) is 6.10 Å². The Hall–Kier alpha value is -0.0900. The lowest BCUT2D eigenvalue weighted by molar-refractivity contribution is 0.149. The summed E-state index contributed by atoms with van der Waals surface area (Å²) in [6.45, 7) is 0. The molecule has 0 radical (unpaired) electrons. The van der Waals surface area contributed by atoms with E-state index in [1.807, 2.05) is 0 Å². The predicted molar refractivity (Wildman–Crippen MR) is 84.7 cm³/mol. The molecule has 0 bridgehead atoms. The molecule has 2 rings (SSSR count). The molecule has 0 heterocycles. The fraction of sp³-hybridized carbons (Fsp3) is 0.625. The van der Waals surface area contributed by atoms with E-state index in [1.54, 1.807) is 0 Å². The molecule has 18 heavy (non-hydrogen) atoms. The largest absolute Gasteiger partial charge is 0.393 e. The highest BCUT2D eigenvalue weighted by atomic mass is 127. The summed E-state index contributed by atoms with van der Waals surface area (Å²) in [7, 11) is 0. The third kappa shape index (κ3) is 4.88. The Morgan fingerprint density at radius 2 is 1.78 bits per heavy atom. The Bertz CT molecular complexity index is 341. The summed E-state index contributed by atoms with van der Waals surface area (Å²) in [5.74, 6) is 0.880. The van der Waals surface area contributed by atoms with Gasteiger partial charge in [0, 0.05) is 3.57 Å². The van der Waals surface area contributed by atoms with Gasteiger partial charge in [0.15, 0.2) is 0 Å². The number of halogens is 1. The summed E-state index contributed by atoms with van der Waals surface area (Å²) in [4.78, 5) is 0. The summed E-state index contributed by atoms with van der Waals surface area (Å²) >= 11 is 2.31. The molecule has 100 valence electrons. The molecule has 1 aromatic carbocycles. The number of aliphatic hydroxyl groups is 1. The highest BCUT2D eigenvalue weighted by Gasteiger charge is 2.15. The van der Waals surface area contributed by atoms with Crippen LogP contribution in [0.15, 0.2) is 24.3 Å². The van der Waals surface area contributed by atoms with Crippen LogP contribution in [0.4, 0.5) is 0 Å². The van der Waals surface area contributed by atoms with Crippen molar-refractivity contribution in [1.29, 1.82) is 0 Å². The maximum atomic E-state index is 10.1. The molecule has 0 aliphatic heterocycles. The third-order valence-electron chi connectivity index (χ3n) is 4.02. The normalized spacial score (nSPS) is 18.8. The predicted octanol–water partition coefficient (Wildman–Crippen LogP) is 4.56. The van der Waals surface area contributed by atoms with Crippen LogP contribution in [0.2, 0.25) is 0 Å². The molecule has 1 aliphatic carbocycles. The van der Waals surface area contributed by atoms with Crippen LogP contribution in [-0.4, -0.2) is 11.2 Å². The van der Waals surface area contributed by atoms with Gasteiger partial charge in [0.1, 0.15) is 0 Å². The van der Waals surface area contributed by atoms with Crippen LogP contribution in [0.3, 0.4) is 0 Å². The second kappa shape index (κ2) is 7.49. The van der Waals surface area contributed by atoms with Crippen LogP contribution >= 0.6 is 22.6 Å². The molecule has 1 aromatic rings. The monoisotopic (exact) mass is 358 g/mol. The molecule has 0 amide bonds. The third-order valence-corrected chi connectivity index (χ3v) is 4.74. The van der Waals surface area contributed by atoms with Gasteiger partial charge in [-0.2, -0.15) is 0 Å². The number of hydrogen-bond acceptors (Lipinski definition) is 1. The Kier molecular flexibility index (Phi) is 5.96. The maximum absolute atomic E-state index is 10.1. The van der Waals surface area contributed by atoms with Crippen LogP contribution in [0.5, 0.6) is 0 Å². The van der Waals surface area contributed by atoms with Gasteiger partial charge >= 0.3 is 0 Å². The Balaban J connectivity index is 1.71. The minimum atomic E-state index is -0.160.